The first-order valence-corrected chi connectivity index (χ1v) is 10.7. The Labute approximate surface area is 201 Å². The SMILES string of the molecule is COc1ccc(-c2coc3cc(OC)c(/C(C)=C/C(=O)Nc4ccc(Cl)cn4)cc23)cc1OC. The molecule has 0 unspecified atom stereocenters. The lowest BCUT2D eigenvalue weighted by Crippen LogP contribution is -2.09. The minimum atomic E-state index is -0.318. The number of nitrogens with zero attached hydrogens (tertiary/aromatic N) is 1. The molecule has 0 fully saturated rings. The number of carbonyl (C=O) groups is 1. The topological polar surface area (TPSA) is 82.8 Å². The van der Waals surface area contributed by atoms with Crippen molar-refractivity contribution in [2.24, 2.45) is 0 Å². The lowest BCUT2D eigenvalue weighted by atomic mass is 9.99. The van der Waals surface area contributed by atoms with Gasteiger partial charge < -0.3 is 23.9 Å². The number of fused-ring (bicyclic) bond motifs is 1. The highest BCUT2D eigenvalue weighted by Crippen LogP contribution is 2.39. The molecule has 4 rings (SSSR count). The second-order valence-electron chi connectivity index (χ2n) is 7.45. The standard InChI is InChI=1S/C26H23ClN2O5/c1-15(9-26(30)29-25-8-6-17(27)13-28-25)18-11-19-20(14-34-23(19)12-22(18)32-3)16-5-7-21(31-2)24(10-16)33-4/h5-14H,1-4H3,(H,28,29,30)/b15-9+. The number of hydrogen-bond acceptors (Lipinski definition) is 6. The summed E-state index contributed by atoms with van der Waals surface area (Å²) in [5.74, 6) is 1.94. The zero-order chi connectivity index (χ0) is 24.2. The highest BCUT2D eigenvalue weighted by atomic mass is 35.5. The zero-order valence-electron chi connectivity index (χ0n) is 19.1. The van der Waals surface area contributed by atoms with Crippen LogP contribution in [-0.2, 0) is 4.79 Å². The van der Waals surface area contributed by atoms with Crippen LogP contribution in [0.15, 0.2) is 65.4 Å². The van der Waals surface area contributed by atoms with Gasteiger partial charge in [0, 0.05) is 34.9 Å². The van der Waals surface area contributed by atoms with Gasteiger partial charge in [0.15, 0.2) is 11.5 Å². The molecule has 34 heavy (non-hydrogen) atoms. The van der Waals surface area contributed by atoms with E-state index in [-0.39, 0.29) is 5.91 Å². The molecular weight excluding hydrogens is 456 g/mol. The molecule has 0 aliphatic carbocycles. The highest BCUT2D eigenvalue weighted by molar-refractivity contribution is 6.30. The van der Waals surface area contributed by atoms with E-state index in [2.05, 4.69) is 10.3 Å². The second-order valence-corrected chi connectivity index (χ2v) is 7.88. The van der Waals surface area contributed by atoms with Gasteiger partial charge in [0.2, 0.25) is 5.91 Å². The maximum absolute atomic E-state index is 12.6. The molecule has 2 aromatic carbocycles. The van der Waals surface area contributed by atoms with Gasteiger partial charge in [-0.2, -0.15) is 0 Å². The van der Waals surface area contributed by atoms with E-state index in [1.165, 1.54) is 12.3 Å². The first-order valence-electron chi connectivity index (χ1n) is 10.4. The van der Waals surface area contributed by atoms with Crippen LogP contribution in [-0.4, -0.2) is 32.2 Å². The third-order valence-electron chi connectivity index (χ3n) is 5.34. The lowest BCUT2D eigenvalue weighted by Gasteiger charge is -2.11. The maximum Gasteiger partial charge on any atom is 0.249 e. The van der Waals surface area contributed by atoms with Crippen LogP contribution in [0.25, 0.3) is 27.7 Å². The molecule has 7 nitrogen and oxygen atoms in total. The van der Waals surface area contributed by atoms with Crippen LogP contribution in [0.2, 0.25) is 5.02 Å². The monoisotopic (exact) mass is 478 g/mol. The quantitative estimate of drug-likeness (QED) is 0.318. The summed E-state index contributed by atoms with van der Waals surface area (Å²) < 4.78 is 22.2. The van der Waals surface area contributed by atoms with Crippen molar-refractivity contribution in [1.29, 1.82) is 0 Å². The number of methoxy groups -OCH3 is 3. The van der Waals surface area contributed by atoms with Crippen molar-refractivity contribution in [3.63, 3.8) is 0 Å². The average Bonchev–Trinajstić information content (AvgIpc) is 3.26. The molecule has 2 heterocycles. The van der Waals surface area contributed by atoms with Crippen molar-refractivity contribution in [1.82, 2.24) is 4.98 Å². The summed E-state index contributed by atoms with van der Waals surface area (Å²) in [7, 11) is 4.77. The Kier molecular flexibility index (Phi) is 6.75. The predicted octanol–water partition coefficient (Wildman–Crippen LogP) is 6.22. The van der Waals surface area contributed by atoms with Crippen LogP contribution in [0.3, 0.4) is 0 Å². The molecule has 0 saturated heterocycles. The summed E-state index contributed by atoms with van der Waals surface area (Å²) in [4.78, 5) is 16.7. The van der Waals surface area contributed by atoms with E-state index in [0.717, 1.165) is 22.1 Å². The second kappa shape index (κ2) is 9.89. The number of furan rings is 1. The number of ether oxygens (including phenoxy) is 3. The normalized spacial score (nSPS) is 11.4. The highest BCUT2D eigenvalue weighted by Gasteiger charge is 2.16. The minimum absolute atomic E-state index is 0.318. The number of anilines is 1. The van der Waals surface area contributed by atoms with E-state index in [1.807, 2.05) is 37.3 Å². The van der Waals surface area contributed by atoms with E-state index in [0.29, 0.717) is 39.2 Å². The molecule has 2 aromatic heterocycles. The first-order chi connectivity index (χ1) is 16.4. The number of benzene rings is 2. The fourth-order valence-electron chi connectivity index (χ4n) is 3.65. The number of halogens is 1. The number of carbonyl (C=O) groups excluding carboxylic acids is 1. The van der Waals surface area contributed by atoms with Crippen LogP contribution in [0, 0.1) is 0 Å². The van der Waals surface area contributed by atoms with E-state index in [4.69, 9.17) is 30.2 Å². The third kappa shape index (κ3) is 4.70. The van der Waals surface area contributed by atoms with Crippen LogP contribution in [0.1, 0.15) is 12.5 Å². The first kappa shape index (κ1) is 23.2. The summed E-state index contributed by atoms with van der Waals surface area (Å²) in [6.07, 6.45) is 4.66. The molecular formula is C26H23ClN2O5. The smallest absolute Gasteiger partial charge is 0.249 e. The van der Waals surface area contributed by atoms with Gasteiger partial charge in [-0.3, -0.25) is 4.79 Å². The van der Waals surface area contributed by atoms with Gasteiger partial charge in [0.1, 0.15) is 17.2 Å². The predicted molar refractivity (Wildman–Crippen MR) is 133 cm³/mol. The third-order valence-corrected chi connectivity index (χ3v) is 5.56. The summed E-state index contributed by atoms with van der Waals surface area (Å²) in [6.45, 7) is 1.84. The van der Waals surface area contributed by atoms with Crippen molar-refractivity contribution in [2.45, 2.75) is 6.92 Å². The molecule has 0 aliphatic heterocycles. The van der Waals surface area contributed by atoms with Crippen molar-refractivity contribution >= 4 is 39.9 Å². The van der Waals surface area contributed by atoms with Crippen molar-refractivity contribution in [3.05, 3.63) is 71.6 Å². The van der Waals surface area contributed by atoms with Crippen molar-refractivity contribution in [2.75, 3.05) is 26.6 Å². The fraction of sp³-hybridized carbons (Fsp3) is 0.154. The van der Waals surface area contributed by atoms with Gasteiger partial charge in [0.05, 0.1) is 32.6 Å². The number of rotatable bonds is 7. The molecule has 0 saturated carbocycles. The Balaban J connectivity index is 1.72. The Hall–Kier alpha value is -3.97. The molecule has 0 radical (unpaired) electrons. The Morgan fingerprint density at radius 1 is 1.00 bits per heavy atom. The van der Waals surface area contributed by atoms with E-state index in [9.17, 15) is 4.79 Å². The fourth-order valence-corrected chi connectivity index (χ4v) is 3.76. The molecule has 1 N–H and O–H groups in total. The zero-order valence-corrected chi connectivity index (χ0v) is 19.9. The number of nitrogens with one attached hydrogen (secondary N) is 1. The molecule has 0 spiro atoms. The van der Waals surface area contributed by atoms with Gasteiger partial charge in [0.25, 0.3) is 0 Å². The average molecular weight is 479 g/mol. The lowest BCUT2D eigenvalue weighted by molar-refractivity contribution is -0.111. The molecule has 0 aliphatic rings. The van der Waals surface area contributed by atoms with Gasteiger partial charge in [-0.1, -0.05) is 17.7 Å². The molecule has 174 valence electrons. The van der Waals surface area contributed by atoms with Crippen molar-refractivity contribution < 1.29 is 23.4 Å². The molecule has 4 aromatic rings. The van der Waals surface area contributed by atoms with Crippen LogP contribution >= 0.6 is 11.6 Å². The van der Waals surface area contributed by atoms with Gasteiger partial charge >= 0.3 is 0 Å². The largest absolute Gasteiger partial charge is 0.496 e. The van der Waals surface area contributed by atoms with Gasteiger partial charge in [-0.05, 0) is 48.4 Å². The van der Waals surface area contributed by atoms with Gasteiger partial charge in [-0.25, -0.2) is 4.98 Å². The summed E-state index contributed by atoms with van der Waals surface area (Å²) in [5.41, 5.74) is 3.91. The molecule has 0 bridgehead atoms. The molecule has 0 atom stereocenters. The van der Waals surface area contributed by atoms with E-state index < -0.39 is 0 Å². The van der Waals surface area contributed by atoms with Crippen molar-refractivity contribution in [3.8, 4) is 28.4 Å². The maximum atomic E-state index is 12.6. The van der Waals surface area contributed by atoms with Crippen LogP contribution < -0.4 is 19.5 Å². The summed E-state index contributed by atoms with van der Waals surface area (Å²) in [5, 5.41) is 4.09. The van der Waals surface area contributed by atoms with E-state index in [1.54, 1.807) is 39.7 Å². The van der Waals surface area contributed by atoms with Crippen LogP contribution in [0.5, 0.6) is 17.2 Å². The van der Waals surface area contributed by atoms with Crippen LogP contribution in [0.4, 0.5) is 5.82 Å². The van der Waals surface area contributed by atoms with Gasteiger partial charge in [-0.15, -0.1) is 0 Å². The minimum Gasteiger partial charge on any atom is -0.496 e. The molecule has 1 amide bonds. The summed E-state index contributed by atoms with van der Waals surface area (Å²) in [6, 6.07) is 12.7. The Morgan fingerprint density at radius 3 is 2.44 bits per heavy atom. The number of pyridine rings is 1. The Bertz CT molecular complexity index is 1380. The summed E-state index contributed by atoms with van der Waals surface area (Å²) >= 11 is 5.85. The number of allylic oxidation sites excluding steroid dienone is 1. The number of amides is 1. The van der Waals surface area contributed by atoms with E-state index >= 15 is 0 Å². The number of hydrogen-bond donors (Lipinski definition) is 1. The molecule has 8 heteroatoms. The number of aromatic nitrogens is 1. The Morgan fingerprint density at radius 2 is 1.76 bits per heavy atom.